The van der Waals surface area contributed by atoms with Crippen molar-refractivity contribution in [1.29, 1.82) is 5.41 Å². The number of esters is 1. The molecule has 0 atom stereocenters. The van der Waals surface area contributed by atoms with Crippen LogP contribution in [0, 0.1) is 5.41 Å². The Balaban J connectivity index is 1.61. The summed E-state index contributed by atoms with van der Waals surface area (Å²) in [5.74, 6) is -0.916. The molecule has 0 saturated heterocycles. The number of hydrogen-bond donors (Lipinski definition) is 1. The zero-order valence-electron chi connectivity index (χ0n) is 18.5. The molecular weight excluding hydrogens is 476 g/mol. The van der Waals surface area contributed by atoms with Crippen LogP contribution in [0.2, 0.25) is 5.02 Å². The molecule has 1 N–H and O–H groups in total. The van der Waals surface area contributed by atoms with Crippen molar-refractivity contribution in [2.24, 2.45) is 10.1 Å². The van der Waals surface area contributed by atoms with Gasteiger partial charge < -0.3 is 9.47 Å². The van der Waals surface area contributed by atoms with E-state index in [-0.39, 0.29) is 27.9 Å². The fraction of sp³-hybridized carbons (Fsp3) is 0.208. The van der Waals surface area contributed by atoms with Crippen LogP contribution in [-0.2, 0) is 4.79 Å². The molecule has 0 aromatic heterocycles. The molecule has 0 bridgehead atoms. The number of thioether (sulfide) groups is 1. The normalized spacial score (nSPS) is 16.3. The van der Waals surface area contributed by atoms with Crippen molar-refractivity contribution in [2.75, 3.05) is 7.11 Å². The lowest BCUT2D eigenvalue weighted by Gasteiger charge is -2.20. The number of methoxy groups -OCH3 is 1. The third kappa shape index (κ3) is 4.90. The van der Waals surface area contributed by atoms with Gasteiger partial charge in [-0.2, -0.15) is 15.1 Å². The summed E-state index contributed by atoms with van der Waals surface area (Å²) in [4.78, 5) is 29.2. The van der Waals surface area contributed by atoms with Crippen molar-refractivity contribution >= 4 is 57.4 Å². The molecular formula is C24H21ClN4O4S. The predicted molar refractivity (Wildman–Crippen MR) is 134 cm³/mol. The van der Waals surface area contributed by atoms with Crippen molar-refractivity contribution < 1.29 is 19.1 Å². The molecule has 2 aliphatic heterocycles. The topological polar surface area (TPSA) is 104 Å². The Bertz CT molecular complexity index is 1260. The zero-order valence-corrected chi connectivity index (χ0v) is 20.1. The number of carbonyl (C=O) groups is 2. The van der Waals surface area contributed by atoms with Gasteiger partial charge in [0.25, 0.3) is 5.91 Å². The van der Waals surface area contributed by atoms with Gasteiger partial charge >= 0.3 is 5.97 Å². The number of nitrogens with one attached hydrogen (secondary N) is 1. The number of hydrogen-bond acceptors (Lipinski definition) is 7. The third-order valence-corrected chi connectivity index (χ3v) is 6.26. The van der Waals surface area contributed by atoms with Crippen molar-refractivity contribution in [3.63, 3.8) is 0 Å². The van der Waals surface area contributed by atoms with Crippen molar-refractivity contribution in [1.82, 2.24) is 5.01 Å². The molecule has 10 heteroatoms. The van der Waals surface area contributed by atoms with E-state index in [4.69, 9.17) is 26.5 Å². The summed E-state index contributed by atoms with van der Waals surface area (Å²) in [6.45, 7) is 2.09. The number of carbonyl (C=O) groups excluding carboxylic acids is 2. The van der Waals surface area contributed by atoms with E-state index >= 15 is 0 Å². The highest BCUT2D eigenvalue weighted by Gasteiger charge is 2.35. The number of aliphatic imine (C=N–C) groups is 1. The average Bonchev–Trinajstić information content (AvgIpc) is 3.25. The first-order chi connectivity index (χ1) is 16.4. The second-order valence-electron chi connectivity index (χ2n) is 7.41. The van der Waals surface area contributed by atoms with Gasteiger partial charge in [0.05, 0.1) is 23.3 Å². The standard InChI is InChI=1S/C24H21ClN4O4S/c1-3-4-10-19-28-29-21(26)16(22(30)27-24(29)34-19)11-14-12-17(25)20(18(13-14)32-2)33-23(31)15-8-6-5-7-9-15/h5-9,11-13,26H,3-4,10H2,1-2H3/b16-11-,26-21?. The minimum atomic E-state index is -0.582. The molecule has 174 valence electrons. The highest BCUT2D eigenvalue weighted by molar-refractivity contribution is 8.26. The number of amides is 1. The number of amidine groups is 2. The molecule has 2 aromatic rings. The number of hydrazone groups is 1. The molecule has 0 saturated carbocycles. The first-order valence-electron chi connectivity index (χ1n) is 10.5. The van der Waals surface area contributed by atoms with Gasteiger partial charge in [0.2, 0.25) is 5.17 Å². The van der Waals surface area contributed by atoms with Gasteiger partial charge in [-0.25, -0.2) is 4.79 Å². The Morgan fingerprint density at radius 2 is 2.03 bits per heavy atom. The maximum Gasteiger partial charge on any atom is 0.343 e. The van der Waals surface area contributed by atoms with Gasteiger partial charge in [-0.3, -0.25) is 10.2 Å². The van der Waals surface area contributed by atoms with Crippen LogP contribution in [-0.4, -0.2) is 40.0 Å². The summed E-state index contributed by atoms with van der Waals surface area (Å²) in [5, 5.41) is 15.6. The molecule has 4 rings (SSSR count). The van der Waals surface area contributed by atoms with Crippen LogP contribution in [0.25, 0.3) is 6.08 Å². The molecule has 2 aliphatic rings. The number of benzene rings is 2. The summed E-state index contributed by atoms with van der Waals surface area (Å²) < 4.78 is 10.8. The van der Waals surface area contributed by atoms with Crippen LogP contribution >= 0.6 is 23.4 Å². The number of halogens is 1. The summed E-state index contributed by atoms with van der Waals surface area (Å²) in [7, 11) is 1.42. The van der Waals surface area contributed by atoms with Crippen molar-refractivity contribution in [3.8, 4) is 11.5 Å². The molecule has 1 amide bonds. The summed E-state index contributed by atoms with van der Waals surface area (Å²) in [5.41, 5.74) is 0.913. The Morgan fingerprint density at radius 3 is 2.74 bits per heavy atom. The zero-order chi connectivity index (χ0) is 24.2. The first kappa shape index (κ1) is 23.7. The SMILES string of the molecule is CCCCC1=NN2C(=N)/C(=C/c3cc(Cl)c(OC(=O)c4ccccc4)c(OC)c3)C(=O)N=C2S1. The first-order valence-corrected chi connectivity index (χ1v) is 11.7. The maximum atomic E-state index is 12.7. The fourth-order valence-electron chi connectivity index (χ4n) is 3.28. The second kappa shape index (κ2) is 10.2. The molecule has 2 aromatic carbocycles. The molecule has 0 unspecified atom stereocenters. The summed E-state index contributed by atoms with van der Waals surface area (Å²) in [6.07, 6.45) is 4.25. The lowest BCUT2D eigenvalue weighted by molar-refractivity contribution is -0.114. The Morgan fingerprint density at radius 1 is 1.26 bits per heavy atom. The molecule has 34 heavy (non-hydrogen) atoms. The van der Waals surface area contributed by atoms with E-state index in [2.05, 4.69) is 17.0 Å². The Kier molecular flexibility index (Phi) is 7.14. The van der Waals surface area contributed by atoms with E-state index in [1.807, 2.05) is 0 Å². The molecule has 8 nitrogen and oxygen atoms in total. The van der Waals surface area contributed by atoms with Crippen LogP contribution in [0.1, 0.15) is 42.1 Å². The average molecular weight is 497 g/mol. The maximum absolute atomic E-state index is 12.7. The van der Waals surface area contributed by atoms with E-state index in [1.165, 1.54) is 36.0 Å². The highest BCUT2D eigenvalue weighted by Crippen LogP contribution is 2.38. The minimum Gasteiger partial charge on any atom is -0.493 e. The van der Waals surface area contributed by atoms with Gasteiger partial charge in [-0.1, -0.05) is 43.1 Å². The summed E-state index contributed by atoms with van der Waals surface area (Å²) in [6, 6.07) is 11.6. The minimum absolute atomic E-state index is 0.0617. The quantitative estimate of drug-likeness (QED) is 0.313. The Labute approximate surface area is 205 Å². The fourth-order valence-corrected chi connectivity index (χ4v) is 4.46. The third-order valence-electron chi connectivity index (χ3n) is 5.01. The lowest BCUT2D eigenvalue weighted by atomic mass is 10.1. The molecule has 0 fully saturated rings. The van der Waals surface area contributed by atoms with Crippen LogP contribution in [0.15, 0.2) is 58.1 Å². The monoisotopic (exact) mass is 496 g/mol. The van der Waals surface area contributed by atoms with Crippen LogP contribution in [0.5, 0.6) is 11.5 Å². The van der Waals surface area contributed by atoms with Gasteiger partial charge in [0.15, 0.2) is 17.3 Å². The molecule has 0 spiro atoms. The van der Waals surface area contributed by atoms with Gasteiger partial charge in [0.1, 0.15) is 5.04 Å². The van der Waals surface area contributed by atoms with Gasteiger partial charge in [0, 0.05) is 0 Å². The number of nitrogens with zero attached hydrogens (tertiary/aromatic N) is 3. The summed E-state index contributed by atoms with van der Waals surface area (Å²) >= 11 is 7.72. The van der Waals surface area contributed by atoms with Crippen LogP contribution in [0.3, 0.4) is 0 Å². The van der Waals surface area contributed by atoms with Crippen LogP contribution in [0.4, 0.5) is 0 Å². The van der Waals surface area contributed by atoms with E-state index in [0.717, 1.165) is 24.3 Å². The number of rotatable bonds is 7. The van der Waals surface area contributed by atoms with Crippen LogP contribution < -0.4 is 9.47 Å². The van der Waals surface area contributed by atoms with Crippen molar-refractivity contribution in [3.05, 3.63) is 64.2 Å². The predicted octanol–water partition coefficient (Wildman–Crippen LogP) is 5.38. The Hall–Kier alpha value is -3.43. The highest BCUT2D eigenvalue weighted by atomic mass is 35.5. The van der Waals surface area contributed by atoms with E-state index in [0.29, 0.717) is 16.3 Å². The number of ether oxygens (including phenoxy) is 2. The molecule has 0 radical (unpaired) electrons. The lowest BCUT2D eigenvalue weighted by Crippen LogP contribution is -2.35. The smallest absolute Gasteiger partial charge is 0.343 e. The molecule has 0 aliphatic carbocycles. The van der Waals surface area contributed by atoms with Crippen molar-refractivity contribution in [2.45, 2.75) is 26.2 Å². The van der Waals surface area contributed by atoms with Gasteiger partial charge in [-0.15, -0.1) is 0 Å². The van der Waals surface area contributed by atoms with Gasteiger partial charge in [-0.05, 0) is 60.5 Å². The largest absolute Gasteiger partial charge is 0.493 e. The van der Waals surface area contributed by atoms with E-state index in [1.54, 1.807) is 36.4 Å². The number of fused-ring (bicyclic) bond motifs is 1. The molecule has 2 heterocycles. The second-order valence-corrected chi connectivity index (χ2v) is 8.85. The number of unbranched alkanes of at least 4 members (excludes halogenated alkanes) is 1. The van der Waals surface area contributed by atoms with E-state index < -0.39 is 11.9 Å². The van der Waals surface area contributed by atoms with E-state index in [9.17, 15) is 9.59 Å².